The summed E-state index contributed by atoms with van der Waals surface area (Å²) >= 11 is 1.20. The summed E-state index contributed by atoms with van der Waals surface area (Å²) in [6, 6.07) is 16.1. The van der Waals surface area contributed by atoms with Crippen molar-refractivity contribution >= 4 is 40.2 Å². The largest absolute Gasteiger partial charge is 0.495 e. The van der Waals surface area contributed by atoms with Crippen LogP contribution in [-0.2, 0) is 22.6 Å². The molecule has 0 radical (unpaired) electrons. The fraction of sp³-hybridized carbons (Fsp3) is 0.353. The Balaban J connectivity index is 1.29. The van der Waals surface area contributed by atoms with Crippen LogP contribution in [0.2, 0.25) is 0 Å². The number of para-hydroxylation sites is 2. The summed E-state index contributed by atoms with van der Waals surface area (Å²) in [5.74, 6) is 2.41. The van der Waals surface area contributed by atoms with E-state index in [0.717, 1.165) is 5.56 Å². The predicted octanol–water partition coefficient (Wildman–Crippen LogP) is 4.80. The molecule has 13 heteroatoms. The maximum atomic E-state index is 13.8. The van der Waals surface area contributed by atoms with Crippen molar-refractivity contribution in [2.75, 3.05) is 40.0 Å². The Morgan fingerprint density at radius 1 is 0.979 bits per heavy atom. The van der Waals surface area contributed by atoms with Gasteiger partial charge >= 0.3 is 0 Å². The zero-order valence-electron chi connectivity index (χ0n) is 26.8. The molecule has 0 saturated carbocycles. The summed E-state index contributed by atoms with van der Waals surface area (Å²) in [5, 5.41) is 6.06. The molecule has 47 heavy (non-hydrogen) atoms. The summed E-state index contributed by atoms with van der Waals surface area (Å²) < 4.78 is 28.6. The summed E-state index contributed by atoms with van der Waals surface area (Å²) in [5.41, 5.74) is 1.70. The second-order valence-corrected chi connectivity index (χ2v) is 11.8. The van der Waals surface area contributed by atoms with Crippen LogP contribution >= 0.6 is 11.8 Å². The fourth-order valence-electron chi connectivity index (χ4n) is 5.16. The molecule has 1 aliphatic rings. The smallest absolute Gasteiger partial charge is 0.262 e. The highest BCUT2D eigenvalue weighted by molar-refractivity contribution is 8.00. The Labute approximate surface area is 276 Å². The first-order valence-corrected chi connectivity index (χ1v) is 16.1. The number of thioether (sulfide) groups is 1. The molecule has 4 aromatic rings. The van der Waals surface area contributed by atoms with Gasteiger partial charge in [0.1, 0.15) is 5.75 Å². The van der Waals surface area contributed by atoms with E-state index >= 15 is 0 Å². The number of carbonyl (C=O) groups is 2. The number of nitrogens with one attached hydrogen (secondary N) is 2. The van der Waals surface area contributed by atoms with E-state index in [9.17, 15) is 14.4 Å². The van der Waals surface area contributed by atoms with Gasteiger partial charge in [-0.05, 0) is 55.2 Å². The molecule has 1 aliphatic heterocycles. The van der Waals surface area contributed by atoms with Gasteiger partial charge in [-0.3, -0.25) is 19.0 Å². The average molecular weight is 663 g/mol. The second kappa shape index (κ2) is 15.6. The van der Waals surface area contributed by atoms with E-state index in [2.05, 4.69) is 10.6 Å². The van der Waals surface area contributed by atoms with E-state index in [4.69, 9.17) is 28.7 Å². The Bertz CT molecular complexity index is 1810. The first-order chi connectivity index (χ1) is 22.8. The maximum absolute atomic E-state index is 13.8. The number of ether oxygens (including phenoxy) is 5. The number of methoxy groups -OCH3 is 3. The minimum absolute atomic E-state index is 0.0591. The minimum Gasteiger partial charge on any atom is -0.495 e. The third kappa shape index (κ3) is 7.91. The number of benzene rings is 3. The molecule has 2 N–H and O–H groups in total. The van der Waals surface area contributed by atoms with Crippen LogP contribution in [0.5, 0.6) is 28.7 Å². The van der Waals surface area contributed by atoms with Crippen LogP contribution in [0.4, 0.5) is 5.69 Å². The third-order valence-electron chi connectivity index (χ3n) is 7.66. The first kappa shape index (κ1) is 33.5. The Kier molecular flexibility index (Phi) is 11.1. The van der Waals surface area contributed by atoms with Crippen LogP contribution in [0.1, 0.15) is 31.7 Å². The molecule has 3 aromatic carbocycles. The molecule has 2 heterocycles. The lowest BCUT2D eigenvalue weighted by Crippen LogP contribution is -2.29. The number of carbonyl (C=O) groups excluding carboxylic acids is 2. The number of anilines is 1. The summed E-state index contributed by atoms with van der Waals surface area (Å²) in [6.45, 7) is 2.63. The number of hydrogen-bond acceptors (Lipinski definition) is 10. The van der Waals surface area contributed by atoms with Crippen LogP contribution < -0.4 is 39.9 Å². The van der Waals surface area contributed by atoms with Crippen molar-refractivity contribution in [1.29, 1.82) is 0 Å². The van der Waals surface area contributed by atoms with E-state index < -0.39 is 5.25 Å². The minimum atomic E-state index is -0.565. The summed E-state index contributed by atoms with van der Waals surface area (Å²) in [7, 11) is 4.70. The van der Waals surface area contributed by atoms with Crippen molar-refractivity contribution < 1.29 is 33.3 Å². The van der Waals surface area contributed by atoms with Crippen LogP contribution in [-0.4, -0.2) is 61.3 Å². The molecular formula is C34H38N4O8S. The number of amides is 2. The molecular weight excluding hydrogens is 624 g/mol. The molecule has 12 nitrogen and oxygen atoms in total. The normalized spacial score (nSPS) is 12.4. The molecule has 248 valence electrons. The lowest BCUT2D eigenvalue weighted by molar-refractivity contribution is -0.121. The highest BCUT2D eigenvalue weighted by atomic mass is 32.2. The van der Waals surface area contributed by atoms with Gasteiger partial charge in [0.15, 0.2) is 28.2 Å². The van der Waals surface area contributed by atoms with Gasteiger partial charge in [0.2, 0.25) is 18.6 Å². The van der Waals surface area contributed by atoms with Crippen molar-refractivity contribution in [3.63, 3.8) is 0 Å². The number of aromatic nitrogens is 2. The highest BCUT2D eigenvalue weighted by Crippen LogP contribution is 2.36. The monoisotopic (exact) mass is 662 g/mol. The van der Waals surface area contributed by atoms with E-state index in [1.807, 2.05) is 37.3 Å². The molecule has 1 atom stereocenters. The van der Waals surface area contributed by atoms with E-state index in [0.29, 0.717) is 76.3 Å². The molecule has 2 amide bonds. The van der Waals surface area contributed by atoms with Gasteiger partial charge in [-0.25, -0.2) is 4.98 Å². The van der Waals surface area contributed by atoms with Crippen molar-refractivity contribution in [3.8, 4) is 28.7 Å². The van der Waals surface area contributed by atoms with Gasteiger partial charge < -0.3 is 34.3 Å². The van der Waals surface area contributed by atoms with E-state index in [1.165, 1.54) is 16.3 Å². The van der Waals surface area contributed by atoms with Gasteiger partial charge in [-0.15, -0.1) is 0 Å². The Morgan fingerprint density at radius 2 is 1.72 bits per heavy atom. The summed E-state index contributed by atoms with van der Waals surface area (Å²) in [4.78, 5) is 44.8. The van der Waals surface area contributed by atoms with E-state index in [-0.39, 0.29) is 37.1 Å². The second-order valence-electron chi connectivity index (χ2n) is 10.7. The fourth-order valence-corrected chi connectivity index (χ4v) is 6.20. The molecule has 0 fully saturated rings. The first-order valence-electron chi connectivity index (χ1n) is 15.3. The third-order valence-corrected chi connectivity index (χ3v) is 9.01. The topological polar surface area (TPSA) is 139 Å². The average Bonchev–Trinajstić information content (AvgIpc) is 3.55. The SMILES string of the molecule is CCC(Sc1nc2cc3c(cc2c(=O)n1CCCC(=O)NCCc1ccc(OC)c(OC)c1)OCO3)C(=O)Nc1ccccc1OC. The molecule has 1 unspecified atom stereocenters. The summed E-state index contributed by atoms with van der Waals surface area (Å²) in [6.07, 6.45) is 1.68. The Morgan fingerprint density at radius 3 is 2.47 bits per heavy atom. The zero-order chi connectivity index (χ0) is 33.3. The molecule has 0 aliphatic carbocycles. The van der Waals surface area contributed by atoms with Gasteiger partial charge in [-0.1, -0.05) is 36.9 Å². The molecule has 0 saturated heterocycles. The number of rotatable bonds is 15. The van der Waals surface area contributed by atoms with Gasteiger partial charge in [0, 0.05) is 25.6 Å². The van der Waals surface area contributed by atoms with Crippen LogP contribution in [0.25, 0.3) is 10.9 Å². The number of hydrogen-bond donors (Lipinski definition) is 2. The lowest BCUT2D eigenvalue weighted by Gasteiger charge is -2.19. The van der Waals surface area contributed by atoms with Gasteiger partial charge in [0.05, 0.1) is 43.2 Å². The quantitative estimate of drug-likeness (QED) is 0.135. The standard InChI is InChI=1S/C34H38N4O8S/c1-5-30(32(40)36-23-9-6-7-10-25(23)42-2)47-34-37-24-19-29-28(45-20-46-29)18-22(24)33(41)38(34)16-8-11-31(39)35-15-14-21-12-13-26(43-3)27(17-21)44-4/h6-7,9-10,12-13,17-19,30H,5,8,11,14-16,20H2,1-4H3,(H,35,39)(H,36,40). The van der Waals surface area contributed by atoms with Crippen molar-refractivity contribution in [2.24, 2.45) is 0 Å². The number of fused-ring (bicyclic) bond motifs is 2. The Hall–Kier alpha value is -4.91. The van der Waals surface area contributed by atoms with Crippen molar-refractivity contribution in [2.45, 2.75) is 49.6 Å². The molecule has 1 aromatic heterocycles. The molecule has 0 spiro atoms. The molecule has 5 rings (SSSR count). The van der Waals surface area contributed by atoms with Crippen LogP contribution in [0, 0.1) is 0 Å². The van der Waals surface area contributed by atoms with Crippen molar-refractivity contribution in [3.05, 3.63) is 70.5 Å². The van der Waals surface area contributed by atoms with Gasteiger partial charge in [-0.2, -0.15) is 0 Å². The zero-order valence-corrected chi connectivity index (χ0v) is 27.6. The highest BCUT2D eigenvalue weighted by Gasteiger charge is 2.24. The maximum Gasteiger partial charge on any atom is 0.262 e. The predicted molar refractivity (Wildman–Crippen MR) is 179 cm³/mol. The van der Waals surface area contributed by atoms with E-state index in [1.54, 1.807) is 45.6 Å². The molecule has 0 bridgehead atoms. The van der Waals surface area contributed by atoms with Gasteiger partial charge in [0.25, 0.3) is 5.56 Å². The van der Waals surface area contributed by atoms with Crippen LogP contribution in [0.3, 0.4) is 0 Å². The van der Waals surface area contributed by atoms with Crippen LogP contribution in [0.15, 0.2) is 64.5 Å². The van der Waals surface area contributed by atoms with Crippen molar-refractivity contribution in [1.82, 2.24) is 14.9 Å². The lowest BCUT2D eigenvalue weighted by atomic mass is 10.1. The number of nitrogens with zero attached hydrogens (tertiary/aromatic N) is 2.